The molecule has 0 fully saturated rings. The minimum absolute atomic E-state index is 0.0741. The Kier molecular flexibility index (Phi) is 6.23. The van der Waals surface area contributed by atoms with Crippen LogP contribution in [0.4, 0.5) is 5.69 Å². The van der Waals surface area contributed by atoms with E-state index in [2.05, 4.69) is 0 Å². The van der Waals surface area contributed by atoms with Gasteiger partial charge >= 0.3 is 0 Å². The van der Waals surface area contributed by atoms with Gasteiger partial charge in [-0.3, -0.25) is 10.1 Å². The first kappa shape index (κ1) is 20.9. The molecule has 2 aromatic carbocycles. The Balaban J connectivity index is 1.87. The third-order valence-electron chi connectivity index (χ3n) is 4.42. The van der Waals surface area contributed by atoms with Crippen LogP contribution in [0.1, 0.15) is 13.3 Å². The first-order valence-electron chi connectivity index (χ1n) is 9.08. The molecule has 1 heterocycles. The largest absolute Gasteiger partial charge is 0.495 e. The zero-order chi connectivity index (χ0) is 21.0. The molecule has 0 saturated carbocycles. The summed E-state index contributed by atoms with van der Waals surface area (Å²) in [4.78, 5) is 10.3. The van der Waals surface area contributed by atoms with Crippen LogP contribution in [0.15, 0.2) is 47.4 Å². The third-order valence-corrected chi connectivity index (χ3v) is 6.33. The highest BCUT2D eigenvalue weighted by molar-refractivity contribution is 7.89. The number of benzene rings is 2. The number of para-hydroxylation sites is 2. The maximum atomic E-state index is 13.3. The number of nitrogens with zero attached hydrogens (tertiary/aromatic N) is 2. The van der Waals surface area contributed by atoms with Gasteiger partial charge in [0.25, 0.3) is 5.69 Å². The van der Waals surface area contributed by atoms with Crippen LogP contribution >= 0.6 is 0 Å². The second-order valence-electron chi connectivity index (χ2n) is 6.45. The van der Waals surface area contributed by atoms with Crippen molar-refractivity contribution < 1.29 is 27.6 Å². The Bertz CT molecular complexity index is 994. The van der Waals surface area contributed by atoms with Crippen LogP contribution in [0, 0.1) is 10.1 Å². The van der Waals surface area contributed by atoms with Gasteiger partial charge in [-0.2, -0.15) is 4.31 Å². The monoisotopic (exact) mass is 422 g/mol. The summed E-state index contributed by atoms with van der Waals surface area (Å²) < 4.78 is 44.5. The summed E-state index contributed by atoms with van der Waals surface area (Å²) >= 11 is 0. The number of nitro groups is 1. The number of non-ortho nitro benzene ring substituents is 1. The topological polar surface area (TPSA) is 108 Å². The molecule has 0 amide bonds. The van der Waals surface area contributed by atoms with Crippen molar-refractivity contribution in [3.8, 4) is 17.2 Å². The first-order valence-corrected chi connectivity index (χ1v) is 10.5. The summed E-state index contributed by atoms with van der Waals surface area (Å²) in [5.74, 6) is 1.10. The molecular weight excluding hydrogens is 400 g/mol. The van der Waals surface area contributed by atoms with E-state index in [1.165, 1.54) is 17.5 Å². The van der Waals surface area contributed by atoms with E-state index in [1.54, 1.807) is 12.1 Å². The van der Waals surface area contributed by atoms with Crippen molar-refractivity contribution in [3.05, 3.63) is 52.6 Å². The quantitative estimate of drug-likeness (QED) is 0.475. The van der Waals surface area contributed by atoms with E-state index in [9.17, 15) is 18.5 Å². The van der Waals surface area contributed by atoms with Crippen molar-refractivity contribution in [1.29, 1.82) is 0 Å². The number of ether oxygens (including phenoxy) is 3. The fourth-order valence-electron chi connectivity index (χ4n) is 3.06. The van der Waals surface area contributed by atoms with Crippen molar-refractivity contribution in [3.63, 3.8) is 0 Å². The van der Waals surface area contributed by atoms with Crippen LogP contribution in [0.2, 0.25) is 0 Å². The highest BCUT2D eigenvalue weighted by Crippen LogP contribution is 2.33. The number of rotatable bonds is 8. The zero-order valence-corrected chi connectivity index (χ0v) is 16.9. The Morgan fingerprint density at radius 2 is 1.97 bits per heavy atom. The number of sulfonamides is 1. The van der Waals surface area contributed by atoms with Gasteiger partial charge < -0.3 is 14.2 Å². The third kappa shape index (κ3) is 4.43. The van der Waals surface area contributed by atoms with Crippen LogP contribution in [-0.2, 0) is 10.0 Å². The van der Waals surface area contributed by atoms with Crippen molar-refractivity contribution in [2.45, 2.75) is 24.3 Å². The van der Waals surface area contributed by atoms with Crippen LogP contribution < -0.4 is 14.2 Å². The highest BCUT2D eigenvalue weighted by Gasteiger charge is 2.32. The van der Waals surface area contributed by atoms with Gasteiger partial charge in [0, 0.05) is 12.6 Å². The summed E-state index contributed by atoms with van der Waals surface area (Å²) in [7, 11) is -2.70. The van der Waals surface area contributed by atoms with Gasteiger partial charge in [0.2, 0.25) is 10.0 Å². The lowest BCUT2D eigenvalue weighted by Gasteiger charge is -2.31. The Morgan fingerprint density at radius 1 is 1.24 bits per heavy atom. The van der Waals surface area contributed by atoms with E-state index in [1.807, 2.05) is 19.1 Å². The molecule has 3 rings (SSSR count). The molecule has 1 unspecified atom stereocenters. The molecule has 156 valence electrons. The van der Waals surface area contributed by atoms with E-state index in [0.717, 1.165) is 12.1 Å². The Hall–Kier alpha value is -2.85. The van der Waals surface area contributed by atoms with Crippen molar-refractivity contribution in [2.75, 3.05) is 26.8 Å². The molecule has 1 aliphatic rings. The lowest BCUT2D eigenvalue weighted by Crippen LogP contribution is -2.44. The van der Waals surface area contributed by atoms with Crippen molar-refractivity contribution >= 4 is 15.7 Å². The smallest absolute Gasteiger partial charge is 0.273 e. The fraction of sp³-hybridized carbons (Fsp3) is 0.368. The molecule has 9 nitrogen and oxygen atoms in total. The van der Waals surface area contributed by atoms with Gasteiger partial charge in [-0.15, -0.1) is 0 Å². The average molecular weight is 422 g/mol. The summed E-state index contributed by atoms with van der Waals surface area (Å²) in [5, 5.41) is 11.0. The van der Waals surface area contributed by atoms with E-state index in [4.69, 9.17) is 14.2 Å². The van der Waals surface area contributed by atoms with Crippen LogP contribution in [0.3, 0.4) is 0 Å². The zero-order valence-electron chi connectivity index (χ0n) is 16.1. The molecule has 0 saturated heterocycles. The highest BCUT2D eigenvalue weighted by atomic mass is 32.2. The standard InChI is InChI=1S/C19H22N2O7S/c1-3-10-20(12-15-13-27-16-6-4-5-7-17(16)28-15)29(24,25)19-9-8-14(21(22)23)11-18(19)26-2/h4-9,11,15H,3,10,12-13H2,1-2H3. The number of hydrogen-bond acceptors (Lipinski definition) is 7. The minimum atomic E-state index is -3.98. The van der Waals surface area contributed by atoms with E-state index in [-0.39, 0.29) is 36.0 Å². The van der Waals surface area contributed by atoms with Gasteiger partial charge in [-0.1, -0.05) is 19.1 Å². The normalized spacial score (nSPS) is 15.9. The van der Waals surface area contributed by atoms with Gasteiger partial charge in [0.1, 0.15) is 23.4 Å². The van der Waals surface area contributed by atoms with Gasteiger partial charge in [0.15, 0.2) is 11.5 Å². The molecular formula is C19H22N2O7S. The summed E-state index contributed by atoms with van der Waals surface area (Å²) in [6.45, 7) is 2.40. The average Bonchev–Trinajstić information content (AvgIpc) is 2.72. The Labute approximate surface area is 169 Å². The number of hydrogen-bond donors (Lipinski definition) is 0. The molecule has 0 spiro atoms. The first-order chi connectivity index (χ1) is 13.9. The molecule has 0 radical (unpaired) electrons. The molecule has 10 heteroatoms. The summed E-state index contributed by atoms with van der Waals surface area (Å²) in [6, 6.07) is 10.6. The number of nitro benzene ring substituents is 1. The van der Waals surface area contributed by atoms with E-state index in [0.29, 0.717) is 17.9 Å². The fourth-order valence-corrected chi connectivity index (χ4v) is 4.76. The number of fused-ring (bicyclic) bond motifs is 1. The minimum Gasteiger partial charge on any atom is -0.495 e. The Morgan fingerprint density at radius 3 is 2.62 bits per heavy atom. The molecule has 0 aliphatic carbocycles. The van der Waals surface area contributed by atoms with E-state index < -0.39 is 21.1 Å². The summed E-state index contributed by atoms with van der Waals surface area (Å²) in [5.41, 5.74) is -0.247. The predicted octanol–water partition coefficient (Wildman–Crippen LogP) is 2.84. The van der Waals surface area contributed by atoms with Crippen molar-refractivity contribution in [1.82, 2.24) is 4.31 Å². The van der Waals surface area contributed by atoms with Gasteiger partial charge in [0.05, 0.1) is 24.6 Å². The molecule has 0 aromatic heterocycles. The molecule has 1 atom stereocenters. The predicted molar refractivity (Wildman–Crippen MR) is 105 cm³/mol. The lowest BCUT2D eigenvalue weighted by atomic mass is 10.2. The molecule has 0 N–H and O–H groups in total. The van der Waals surface area contributed by atoms with Crippen molar-refractivity contribution in [2.24, 2.45) is 0 Å². The van der Waals surface area contributed by atoms with Gasteiger partial charge in [-0.25, -0.2) is 8.42 Å². The maximum Gasteiger partial charge on any atom is 0.273 e. The number of methoxy groups -OCH3 is 1. The van der Waals surface area contributed by atoms with Crippen LogP contribution in [-0.4, -0.2) is 50.6 Å². The maximum absolute atomic E-state index is 13.3. The van der Waals surface area contributed by atoms with Crippen LogP contribution in [0.25, 0.3) is 0 Å². The van der Waals surface area contributed by atoms with Crippen LogP contribution in [0.5, 0.6) is 17.2 Å². The SMILES string of the molecule is CCCN(CC1COc2ccccc2O1)S(=O)(=O)c1ccc([N+](=O)[O-])cc1OC. The lowest BCUT2D eigenvalue weighted by molar-refractivity contribution is -0.385. The van der Waals surface area contributed by atoms with E-state index >= 15 is 0 Å². The summed E-state index contributed by atoms with van der Waals surface area (Å²) in [6.07, 6.45) is 0.0915. The molecule has 2 aromatic rings. The van der Waals surface area contributed by atoms with Gasteiger partial charge in [-0.05, 0) is 24.6 Å². The molecule has 29 heavy (non-hydrogen) atoms. The second-order valence-corrected chi connectivity index (χ2v) is 8.36. The second kappa shape index (κ2) is 8.66. The molecule has 1 aliphatic heterocycles. The molecule has 0 bridgehead atoms.